The Morgan fingerprint density at radius 3 is 2.81 bits per heavy atom. The van der Waals surface area contributed by atoms with Crippen LogP contribution in [-0.2, 0) is 0 Å². The molecule has 0 unspecified atom stereocenters. The van der Waals surface area contributed by atoms with Crippen LogP contribution in [0.4, 0.5) is 0 Å². The number of pyridine rings is 1. The number of nitrogens with zero attached hydrogens (tertiary/aromatic N) is 2. The highest BCUT2D eigenvalue weighted by molar-refractivity contribution is 6.07. The van der Waals surface area contributed by atoms with Crippen molar-refractivity contribution in [3.63, 3.8) is 0 Å². The molecule has 0 N–H and O–H groups in total. The molecular formula is C13H12N2O. The van der Waals surface area contributed by atoms with Crippen LogP contribution < -0.4 is 4.84 Å². The molecule has 3 heteroatoms. The standard InChI is InChI=1S/C13H12N2O/c1-2-16-15-12-6-4-3-5-10(12)11-7-8-14-9-13(11)15/h3-9H,2H2,1H3. The Kier molecular flexibility index (Phi) is 2.03. The maximum absolute atomic E-state index is 5.65. The number of aromatic nitrogens is 2. The molecule has 3 aromatic rings. The Bertz CT molecular complexity index is 589. The lowest BCUT2D eigenvalue weighted by molar-refractivity contribution is 0.142. The zero-order valence-corrected chi connectivity index (χ0v) is 9.05. The zero-order valence-electron chi connectivity index (χ0n) is 9.05. The van der Waals surface area contributed by atoms with E-state index in [1.165, 1.54) is 10.8 Å². The van der Waals surface area contributed by atoms with Gasteiger partial charge in [-0.25, -0.2) is 0 Å². The molecule has 0 radical (unpaired) electrons. The summed E-state index contributed by atoms with van der Waals surface area (Å²) in [5.74, 6) is 0. The van der Waals surface area contributed by atoms with E-state index in [0.29, 0.717) is 6.61 Å². The lowest BCUT2D eigenvalue weighted by Gasteiger charge is -2.06. The van der Waals surface area contributed by atoms with Crippen LogP contribution in [0.3, 0.4) is 0 Å². The molecule has 16 heavy (non-hydrogen) atoms. The van der Waals surface area contributed by atoms with Gasteiger partial charge in [0.1, 0.15) is 12.1 Å². The monoisotopic (exact) mass is 212 g/mol. The van der Waals surface area contributed by atoms with Crippen LogP contribution in [-0.4, -0.2) is 16.3 Å². The van der Waals surface area contributed by atoms with E-state index in [2.05, 4.69) is 17.1 Å². The van der Waals surface area contributed by atoms with Crippen molar-refractivity contribution in [3.05, 3.63) is 42.7 Å². The molecule has 0 atom stereocenters. The van der Waals surface area contributed by atoms with Crippen LogP contribution in [0.1, 0.15) is 6.92 Å². The van der Waals surface area contributed by atoms with Crippen molar-refractivity contribution in [3.8, 4) is 0 Å². The second kappa shape index (κ2) is 3.52. The third-order valence-electron chi connectivity index (χ3n) is 2.69. The topological polar surface area (TPSA) is 27.1 Å². The highest BCUT2D eigenvalue weighted by Crippen LogP contribution is 2.26. The Morgan fingerprint density at radius 1 is 1.12 bits per heavy atom. The summed E-state index contributed by atoms with van der Waals surface area (Å²) in [5.41, 5.74) is 2.11. The summed E-state index contributed by atoms with van der Waals surface area (Å²) in [5, 5.41) is 2.38. The SMILES string of the molecule is CCOn1c2ccccc2c2ccncc21. The number of hydrogen-bond donors (Lipinski definition) is 0. The molecule has 2 aromatic heterocycles. The number of hydrogen-bond acceptors (Lipinski definition) is 2. The summed E-state index contributed by atoms with van der Waals surface area (Å²) in [6.07, 6.45) is 3.65. The van der Waals surface area contributed by atoms with E-state index >= 15 is 0 Å². The summed E-state index contributed by atoms with van der Waals surface area (Å²) >= 11 is 0. The molecule has 3 nitrogen and oxygen atoms in total. The fraction of sp³-hybridized carbons (Fsp3) is 0.154. The normalized spacial score (nSPS) is 11.1. The second-order valence-corrected chi connectivity index (χ2v) is 3.62. The predicted molar refractivity (Wildman–Crippen MR) is 64.4 cm³/mol. The van der Waals surface area contributed by atoms with Crippen molar-refractivity contribution in [1.29, 1.82) is 0 Å². The first-order valence-corrected chi connectivity index (χ1v) is 5.38. The molecule has 0 amide bonds. The first kappa shape index (κ1) is 9.21. The number of para-hydroxylation sites is 1. The molecule has 1 aromatic carbocycles. The summed E-state index contributed by atoms with van der Waals surface area (Å²) in [7, 11) is 0. The highest BCUT2D eigenvalue weighted by atomic mass is 16.7. The Labute approximate surface area is 93.2 Å². The van der Waals surface area contributed by atoms with Gasteiger partial charge in [0, 0.05) is 17.0 Å². The summed E-state index contributed by atoms with van der Waals surface area (Å²) in [6.45, 7) is 2.62. The van der Waals surface area contributed by atoms with Crippen LogP contribution >= 0.6 is 0 Å². The van der Waals surface area contributed by atoms with Gasteiger partial charge in [-0.1, -0.05) is 18.2 Å². The van der Waals surface area contributed by atoms with Crippen molar-refractivity contribution in [2.75, 3.05) is 6.61 Å². The molecule has 0 aliphatic carbocycles. The van der Waals surface area contributed by atoms with Crippen molar-refractivity contribution >= 4 is 21.8 Å². The lowest BCUT2D eigenvalue weighted by atomic mass is 10.2. The Hall–Kier alpha value is -2.03. The molecular weight excluding hydrogens is 200 g/mol. The van der Waals surface area contributed by atoms with E-state index in [0.717, 1.165) is 11.0 Å². The maximum atomic E-state index is 5.65. The largest absolute Gasteiger partial charge is 0.413 e. The fourth-order valence-electron chi connectivity index (χ4n) is 2.05. The van der Waals surface area contributed by atoms with Gasteiger partial charge in [-0.05, 0) is 19.1 Å². The molecule has 80 valence electrons. The van der Waals surface area contributed by atoms with Crippen LogP contribution in [0.25, 0.3) is 21.8 Å². The quantitative estimate of drug-likeness (QED) is 0.653. The predicted octanol–water partition coefficient (Wildman–Crippen LogP) is 2.64. The minimum absolute atomic E-state index is 0.642. The third-order valence-corrected chi connectivity index (χ3v) is 2.69. The van der Waals surface area contributed by atoms with Gasteiger partial charge in [-0.3, -0.25) is 4.98 Å². The third kappa shape index (κ3) is 1.18. The maximum Gasteiger partial charge on any atom is 0.112 e. The first-order valence-electron chi connectivity index (χ1n) is 5.38. The van der Waals surface area contributed by atoms with Crippen molar-refractivity contribution < 1.29 is 4.84 Å². The van der Waals surface area contributed by atoms with Gasteiger partial charge in [0.15, 0.2) is 0 Å². The average molecular weight is 212 g/mol. The second-order valence-electron chi connectivity index (χ2n) is 3.62. The first-order chi connectivity index (χ1) is 7.92. The smallest absolute Gasteiger partial charge is 0.112 e. The van der Waals surface area contributed by atoms with Gasteiger partial charge in [0.05, 0.1) is 11.7 Å². The van der Waals surface area contributed by atoms with Gasteiger partial charge in [0.25, 0.3) is 0 Å². The molecule has 2 heterocycles. The molecule has 0 fully saturated rings. The van der Waals surface area contributed by atoms with Gasteiger partial charge < -0.3 is 4.84 Å². The molecule has 3 rings (SSSR count). The highest BCUT2D eigenvalue weighted by Gasteiger charge is 2.09. The summed E-state index contributed by atoms with van der Waals surface area (Å²) in [4.78, 5) is 9.80. The van der Waals surface area contributed by atoms with E-state index < -0.39 is 0 Å². The Balaban J connectivity index is 2.49. The molecule has 0 spiro atoms. The van der Waals surface area contributed by atoms with Crippen LogP contribution in [0.5, 0.6) is 0 Å². The van der Waals surface area contributed by atoms with E-state index in [1.54, 1.807) is 0 Å². The Morgan fingerprint density at radius 2 is 1.94 bits per heavy atom. The molecule has 0 saturated heterocycles. The number of rotatable bonds is 2. The van der Waals surface area contributed by atoms with Crippen LogP contribution in [0, 0.1) is 0 Å². The van der Waals surface area contributed by atoms with Crippen molar-refractivity contribution in [2.45, 2.75) is 6.92 Å². The van der Waals surface area contributed by atoms with Gasteiger partial charge in [-0.2, -0.15) is 4.73 Å². The zero-order chi connectivity index (χ0) is 11.0. The minimum atomic E-state index is 0.642. The van der Waals surface area contributed by atoms with E-state index in [9.17, 15) is 0 Å². The number of benzene rings is 1. The van der Waals surface area contributed by atoms with E-state index in [-0.39, 0.29) is 0 Å². The van der Waals surface area contributed by atoms with Crippen molar-refractivity contribution in [2.24, 2.45) is 0 Å². The molecule has 0 bridgehead atoms. The average Bonchev–Trinajstić information content (AvgIpc) is 2.66. The number of fused-ring (bicyclic) bond motifs is 3. The van der Waals surface area contributed by atoms with Crippen LogP contribution in [0.15, 0.2) is 42.7 Å². The lowest BCUT2D eigenvalue weighted by Crippen LogP contribution is -2.09. The van der Waals surface area contributed by atoms with E-state index in [1.807, 2.05) is 42.2 Å². The summed E-state index contributed by atoms with van der Waals surface area (Å²) < 4.78 is 1.86. The van der Waals surface area contributed by atoms with Crippen LogP contribution in [0.2, 0.25) is 0 Å². The minimum Gasteiger partial charge on any atom is -0.413 e. The van der Waals surface area contributed by atoms with Gasteiger partial charge >= 0.3 is 0 Å². The van der Waals surface area contributed by atoms with Crippen molar-refractivity contribution in [1.82, 2.24) is 9.71 Å². The molecule has 0 aliphatic rings. The molecule has 0 saturated carbocycles. The summed E-state index contributed by atoms with van der Waals surface area (Å²) in [6, 6.07) is 10.2. The van der Waals surface area contributed by atoms with Gasteiger partial charge in [0.2, 0.25) is 0 Å². The molecule has 0 aliphatic heterocycles. The van der Waals surface area contributed by atoms with Gasteiger partial charge in [-0.15, -0.1) is 0 Å². The fourth-order valence-corrected chi connectivity index (χ4v) is 2.05. The van der Waals surface area contributed by atoms with E-state index in [4.69, 9.17) is 4.84 Å².